The highest BCUT2D eigenvalue weighted by atomic mass is 16.2. The summed E-state index contributed by atoms with van der Waals surface area (Å²) in [5.74, 6) is 0.947. The molecule has 1 aromatic carbocycles. The van der Waals surface area contributed by atoms with E-state index >= 15 is 0 Å². The second kappa shape index (κ2) is 9.17. The van der Waals surface area contributed by atoms with Gasteiger partial charge in [-0.15, -0.1) is 0 Å². The minimum absolute atomic E-state index is 0.0404. The quantitative estimate of drug-likeness (QED) is 0.659. The van der Waals surface area contributed by atoms with E-state index in [0.29, 0.717) is 24.5 Å². The molecule has 2 aromatic heterocycles. The summed E-state index contributed by atoms with van der Waals surface area (Å²) >= 11 is 0. The van der Waals surface area contributed by atoms with Crippen molar-refractivity contribution < 1.29 is 9.59 Å². The lowest BCUT2D eigenvalue weighted by Crippen LogP contribution is -2.44. The van der Waals surface area contributed by atoms with Crippen LogP contribution in [0.25, 0.3) is 10.9 Å². The molecular weight excluding hydrogens is 414 g/mol. The highest BCUT2D eigenvalue weighted by Crippen LogP contribution is 2.29. The summed E-state index contributed by atoms with van der Waals surface area (Å²) in [6.45, 7) is 4.78. The Labute approximate surface area is 193 Å². The fourth-order valence-electron chi connectivity index (χ4n) is 4.82. The molecule has 0 spiro atoms. The second-order valence-electron chi connectivity index (χ2n) is 8.99. The molecule has 1 atom stereocenters. The predicted octanol–water partition coefficient (Wildman–Crippen LogP) is 4.03. The normalized spacial score (nSPS) is 18.5. The number of hydrogen-bond acceptors (Lipinski definition) is 5. The number of para-hydroxylation sites is 1. The van der Waals surface area contributed by atoms with Gasteiger partial charge < -0.3 is 15.1 Å². The predicted molar refractivity (Wildman–Crippen MR) is 129 cm³/mol. The highest BCUT2D eigenvalue weighted by molar-refractivity contribution is 6.03. The third-order valence-corrected chi connectivity index (χ3v) is 6.56. The number of carbonyl (C=O) groups is 2. The van der Waals surface area contributed by atoms with E-state index in [2.05, 4.69) is 15.2 Å². The number of carbonyl (C=O) groups excluding carboxylic acids is 2. The van der Waals surface area contributed by atoms with Gasteiger partial charge in [-0.25, -0.2) is 9.97 Å². The van der Waals surface area contributed by atoms with Crippen molar-refractivity contribution in [3.8, 4) is 0 Å². The molecule has 0 radical (unpaired) electrons. The Kier molecular flexibility index (Phi) is 5.94. The van der Waals surface area contributed by atoms with Gasteiger partial charge in [0.05, 0.1) is 17.0 Å². The van der Waals surface area contributed by atoms with Crippen LogP contribution in [-0.4, -0.2) is 52.9 Å². The maximum atomic E-state index is 13.7. The first kappa shape index (κ1) is 21.4. The van der Waals surface area contributed by atoms with Gasteiger partial charge in [0.25, 0.3) is 5.91 Å². The Morgan fingerprint density at radius 2 is 1.79 bits per heavy atom. The molecule has 170 valence electrons. The number of aromatic nitrogens is 2. The van der Waals surface area contributed by atoms with Gasteiger partial charge in [-0.3, -0.25) is 9.59 Å². The summed E-state index contributed by atoms with van der Waals surface area (Å²) in [6, 6.07) is 15.5. The maximum absolute atomic E-state index is 13.7. The van der Waals surface area contributed by atoms with E-state index < -0.39 is 0 Å². The van der Waals surface area contributed by atoms with Gasteiger partial charge in [-0.1, -0.05) is 24.3 Å². The zero-order valence-electron chi connectivity index (χ0n) is 19.0. The Balaban J connectivity index is 1.38. The molecule has 33 heavy (non-hydrogen) atoms. The number of rotatable bonds is 4. The number of benzene rings is 1. The third-order valence-electron chi connectivity index (χ3n) is 6.56. The largest absolute Gasteiger partial charge is 0.356 e. The van der Waals surface area contributed by atoms with Crippen molar-refractivity contribution in [1.82, 2.24) is 14.9 Å². The highest BCUT2D eigenvalue weighted by Gasteiger charge is 2.31. The van der Waals surface area contributed by atoms with Crippen molar-refractivity contribution in [3.05, 3.63) is 59.8 Å². The molecule has 7 heteroatoms. The SMILES string of the molecule is Cc1cccc(NC(=O)C2CCCN(C(=O)c3cc4ccccc4nc3N3CCCC3)C2)n1. The summed E-state index contributed by atoms with van der Waals surface area (Å²) < 4.78 is 0. The summed E-state index contributed by atoms with van der Waals surface area (Å²) in [7, 11) is 0. The van der Waals surface area contributed by atoms with Gasteiger partial charge in [0.2, 0.25) is 5.91 Å². The van der Waals surface area contributed by atoms with Crippen LogP contribution >= 0.6 is 0 Å². The number of anilines is 2. The molecule has 3 aromatic rings. The molecule has 1 N–H and O–H groups in total. The number of nitrogens with one attached hydrogen (secondary N) is 1. The zero-order chi connectivity index (χ0) is 22.8. The Hall–Kier alpha value is -3.48. The van der Waals surface area contributed by atoms with Crippen molar-refractivity contribution in [3.63, 3.8) is 0 Å². The number of piperidine rings is 1. The van der Waals surface area contributed by atoms with Crippen LogP contribution < -0.4 is 10.2 Å². The maximum Gasteiger partial charge on any atom is 0.257 e. The number of nitrogens with zero attached hydrogens (tertiary/aromatic N) is 4. The van der Waals surface area contributed by atoms with Crippen LogP contribution in [0.5, 0.6) is 0 Å². The van der Waals surface area contributed by atoms with E-state index in [1.165, 1.54) is 0 Å². The second-order valence-corrected chi connectivity index (χ2v) is 8.99. The number of pyridine rings is 2. The molecule has 0 aliphatic carbocycles. The summed E-state index contributed by atoms with van der Waals surface area (Å²) in [6.07, 6.45) is 3.78. The molecule has 2 amide bonds. The lowest BCUT2D eigenvalue weighted by Gasteiger charge is -2.33. The van der Waals surface area contributed by atoms with Crippen molar-refractivity contribution in [1.29, 1.82) is 0 Å². The summed E-state index contributed by atoms with van der Waals surface area (Å²) in [5, 5.41) is 3.88. The van der Waals surface area contributed by atoms with E-state index in [4.69, 9.17) is 4.98 Å². The molecule has 0 saturated carbocycles. The molecule has 5 rings (SSSR count). The first-order valence-electron chi connectivity index (χ1n) is 11.8. The molecule has 4 heterocycles. The lowest BCUT2D eigenvalue weighted by molar-refractivity contribution is -0.121. The van der Waals surface area contributed by atoms with Gasteiger partial charge in [-0.2, -0.15) is 0 Å². The van der Waals surface area contributed by atoms with Gasteiger partial charge in [-0.05, 0) is 56.9 Å². The van der Waals surface area contributed by atoms with Crippen molar-refractivity contribution in [2.45, 2.75) is 32.6 Å². The minimum Gasteiger partial charge on any atom is -0.356 e. The van der Waals surface area contributed by atoms with Crippen LogP contribution in [0.3, 0.4) is 0 Å². The molecule has 1 unspecified atom stereocenters. The van der Waals surface area contributed by atoms with Gasteiger partial charge in [0.15, 0.2) is 0 Å². The standard InChI is InChI=1S/C26H29N5O2/c1-18-8-6-12-23(27-18)29-25(32)20-10-7-15-31(17-20)26(33)21-16-19-9-2-3-11-22(19)28-24(21)30-13-4-5-14-30/h2-3,6,8-9,11-12,16,20H,4-5,7,10,13-15,17H2,1H3,(H,27,29,32). The fourth-order valence-corrected chi connectivity index (χ4v) is 4.82. The Bertz CT molecular complexity index is 1190. The number of likely N-dealkylation sites (tertiary alicyclic amines) is 1. The minimum atomic E-state index is -0.256. The van der Waals surface area contributed by atoms with E-state index in [1.54, 1.807) is 6.07 Å². The first-order valence-corrected chi connectivity index (χ1v) is 11.8. The molecular formula is C26H29N5O2. The van der Waals surface area contributed by atoms with E-state index in [1.807, 2.05) is 54.3 Å². The number of amides is 2. The van der Waals surface area contributed by atoms with Gasteiger partial charge in [0.1, 0.15) is 11.6 Å². The van der Waals surface area contributed by atoms with E-state index in [0.717, 1.165) is 61.2 Å². The van der Waals surface area contributed by atoms with Gasteiger partial charge in [0, 0.05) is 37.3 Å². The van der Waals surface area contributed by atoms with Crippen LogP contribution in [0.4, 0.5) is 11.6 Å². The lowest BCUT2D eigenvalue weighted by atomic mass is 9.96. The van der Waals surface area contributed by atoms with Crippen LogP contribution in [0, 0.1) is 12.8 Å². The van der Waals surface area contributed by atoms with Crippen molar-refractivity contribution in [2.75, 3.05) is 36.4 Å². The van der Waals surface area contributed by atoms with Crippen LogP contribution in [0.2, 0.25) is 0 Å². The molecule has 2 aliphatic heterocycles. The Morgan fingerprint density at radius 3 is 2.61 bits per heavy atom. The smallest absolute Gasteiger partial charge is 0.257 e. The van der Waals surface area contributed by atoms with Crippen LogP contribution in [-0.2, 0) is 4.79 Å². The molecule has 7 nitrogen and oxygen atoms in total. The molecule has 0 bridgehead atoms. The van der Waals surface area contributed by atoms with Crippen molar-refractivity contribution in [2.24, 2.45) is 5.92 Å². The summed E-state index contributed by atoms with van der Waals surface area (Å²) in [5.41, 5.74) is 2.39. The summed E-state index contributed by atoms with van der Waals surface area (Å²) in [4.78, 5) is 39.9. The fraction of sp³-hybridized carbons (Fsp3) is 0.385. The van der Waals surface area contributed by atoms with Crippen molar-refractivity contribution >= 4 is 34.4 Å². The average molecular weight is 444 g/mol. The average Bonchev–Trinajstić information content (AvgIpc) is 3.38. The molecule has 2 saturated heterocycles. The number of aryl methyl sites for hydroxylation is 1. The molecule has 2 aliphatic rings. The topological polar surface area (TPSA) is 78.4 Å². The van der Waals surface area contributed by atoms with Crippen LogP contribution in [0.1, 0.15) is 41.7 Å². The monoisotopic (exact) mass is 443 g/mol. The van der Waals surface area contributed by atoms with E-state index in [-0.39, 0.29) is 17.7 Å². The van der Waals surface area contributed by atoms with Gasteiger partial charge >= 0.3 is 0 Å². The first-order chi connectivity index (χ1) is 16.1. The number of hydrogen-bond donors (Lipinski definition) is 1. The van der Waals surface area contributed by atoms with E-state index in [9.17, 15) is 9.59 Å². The Morgan fingerprint density at radius 1 is 0.970 bits per heavy atom. The number of fused-ring (bicyclic) bond motifs is 1. The van der Waals surface area contributed by atoms with Crippen LogP contribution in [0.15, 0.2) is 48.5 Å². The zero-order valence-corrected chi connectivity index (χ0v) is 19.0. The third kappa shape index (κ3) is 4.53. The molecule has 2 fully saturated rings.